The molecule has 0 radical (unpaired) electrons. The van der Waals surface area contributed by atoms with Crippen molar-refractivity contribution in [2.24, 2.45) is 0 Å². The first-order valence-electron chi connectivity index (χ1n) is 1.34. The Morgan fingerprint density at radius 3 is 0.154 bits per heavy atom. The van der Waals surface area contributed by atoms with Crippen molar-refractivity contribution >= 4 is 223 Å². The largest absolute Gasteiger partial charge is 0.344 e. The molecule has 0 rings (SSSR count). The molecule has 0 bridgehead atoms. The van der Waals surface area contributed by atoms with E-state index in [1.807, 2.05) is 26.0 Å². The third-order valence-electron chi connectivity index (χ3n) is 0. The molecular weight excluding hydrogens is 926 g/mol. The van der Waals surface area contributed by atoms with E-state index in [1.54, 1.807) is 0 Å². The van der Waals surface area contributed by atoms with E-state index in [0.717, 1.165) is 0 Å². The van der Waals surface area contributed by atoms with Crippen molar-refractivity contribution in [2.75, 3.05) is 21.1 Å². The Morgan fingerprint density at radius 1 is 0.154 bits per heavy atom. The molecule has 0 aliphatic carbocycles. The molecule has 0 aromatic heterocycles. The highest BCUT2D eigenvalue weighted by molar-refractivity contribution is 5.87. The van der Waals surface area contributed by atoms with E-state index in [2.05, 4.69) is 0 Å². The van der Waals surface area contributed by atoms with E-state index in [0.29, 0.717) is 0 Å². The molecule has 0 aromatic rings. The summed E-state index contributed by atoms with van der Waals surface area (Å²) in [5, 5.41) is 0. The zero-order valence-electron chi connectivity index (χ0n) is 22.8. The molecular formula is C3H78Cl18N18. The number of halogens is 18. The van der Waals surface area contributed by atoms with E-state index in [-0.39, 0.29) is 328 Å². The second-order valence-corrected chi connectivity index (χ2v) is 1.34. The lowest BCUT2D eigenvalue weighted by Gasteiger charge is -1.90. The fourth-order valence-electron chi connectivity index (χ4n) is 0. The van der Waals surface area contributed by atoms with Crippen molar-refractivity contribution in [3.8, 4) is 0 Å². The first-order chi connectivity index (χ1) is 1.73. The smallest absolute Gasteiger partial charge is 0.0140 e. The normalized spacial score (nSPS) is 0.923. The van der Waals surface area contributed by atoms with E-state index in [9.17, 15) is 0 Å². The predicted octanol–water partition coefficient (Wildman–Crippen LogP) is 10.5. The van der Waals surface area contributed by atoms with Crippen LogP contribution in [0.2, 0.25) is 0 Å². The van der Waals surface area contributed by atoms with Gasteiger partial charge in [-0.15, -0.1) is 223 Å². The molecule has 0 aliphatic heterocycles. The van der Waals surface area contributed by atoms with Gasteiger partial charge in [0.15, 0.2) is 0 Å². The molecule has 39 heavy (non-hydrogen) atoms. The molecule has 36 heteroatoms. The van der Waals surface area contributed by atoms with Gasteiger partial charge in [0.1, 0.15) is 0 Å². The molecule has 0 saturated carbocycles. The third kappa shape index (κ3) is 3440. The van der Waals surface area contributed by atoms with Crippen LogP contribution in [0, 0.1) is 0 Å². The Kier molecular flexibility index (Phi) is 46600. The SMILES string of the molecule is CN(C)C.Cl.Cl.Cl.Cl.Cl.Cl.Cl.Cl.Cl.Cl.Cl.Cl.Cl.Cl.Cl.Cl.Cl.Cl.N.N.N.N.N.N.N.N.N.N.N.N.N.N.N.N.N. The quantitative estimate of drug-likeness (QED) is 0.107. The van der Waals surface area contributed by atoms with E-state index in [4.69, 9.17) is 0 Å². The minimum absolute atomic E-state index is 0. The van der Waals surface area contributed by atoms with E-state index >= 15 is 0 Å². The van der Waals surface area contributed by atoms with Gasteiger partial charge in [-0.05, 0) is 21.1 Å². The van der Waals surface area contributed by atoms with E-state index < -0.39 is 0 Å². The zero-order valence-corrected chi connectivity index (χ0v) is 37.5. The highest BCUT2D eigenvalue weighted by Crippen LogP contribution is 1.47. The van der Waals surface area contributed by atoms with Crippen molar-refractivity contribution in [2.45, 2.75) is 0 Å². The number of hydrogen-bond donors (Lipinski definition) is 17. The van der Waals surface area contributed by atoms with Gasteiger partial charge in [0.05, 0.1) is 0 Å². The lowest BCUT2D eigenvalue weighted by Crippen LogP contribution is -1.99. The van der Waals surface area contributed by atoms with Gasteiger partial charge in [-0.3, -0.25) is 0 Å². The van der Waals surface area contributed by atoms with E-state index in [1.165, 1.54) is 0 Å². The summed E-state index contributed by atoms with van der Waals surface area (Å²) in [7, 11) is 6.00. The van der Waals surface area contributed by atoms with Crippen molar-refractivity contribution in [1.82, 2.24) is 109 Å². The van der Waals surface area contributed by atoms with Crippen molar-refractivity contribution in [3.05, 3.63) is 0 Å². The van der Waals surface area contributed by atoms with Crippen LogP contribution in [0.5, 0.6) is 0 Å². The molecule has 0 heterocycles. The second kappa shape index (κ2) is 1300. The van der Waals surface area contributed by atoms with Crippen LogP contribution in [0.1, 0.15) is 0 Å². The maximum absolute atomic E-state index is 2.00. The average Bonchev–Trinajstić information content (AvgIpc) is 0.811. The molecule has 0 amide bonds. The Hall–Kier alpha value is 4.50. The van der Waals surface area contributed by atoms with Crippen LogP contribution < -0.4 is 105 Å². The van der Waals surface area contributed by atoms with Gasteiger partial charge in [0.2, 0.25) is 0 Å². The Labute approximate surface area is 350 Å². The summed E-state index contributed by atoms with van der Waals surface area (Å²) in [4.78, 5) is 2.00. The van der Waals surface area contributed by atoms with Crippen LogP contribution in [0.4, 0.5) is 0 Å². The van der Waals surface area contributed by atoms with Crippen LogP contribution >= 0.6 is 223 Å². The minimum Gasteiger partial charge on any atom is -0.344 e. The summed E-state index contributed by atoms with van der Waals surface area (Å²) in [6.07, 6.45) is 0. The summed E-state index contributed by atoms with van der Waals surface area (Å²) in [6, 6.07) is 0. The standard InChI is InChI=1S/C3H9N.18ClH.17H3N/c1-4(2)3;;;;;;;;;;;;;;;;;;;;;;;;;;;;;;;;;;;/h1-3H3;18*1H;17*1H3. The fourth-order valence-corrected chi connectivity index (χ4v) is 0. The fraction of sp³-hybridized carbons (Fsp3) is 1.00. The molecule has 306 valence electrons. The molecule has 0 atom stereocenters. The first-order valence-corrected chi connectivity index (χ1v) is 1.34. The topological polar surface area (TPSA) is 598 Å². The molecule has 0 spiro atoms. The molecule has 0 unspecified atom stereocenters. The van der Waals surface area contributed by atoms with Gasteiger partial charge in [-0.2, -0.15) is 0 Å². The van der Waals surface area contributed by atoms with Gasteiger partial charge >= 0.3 is 0 Å². The summed E-state index contributed by atoms with van der Waals surface area (Å²) in [5.74, 6) is 0. The number of rotatable bonds is 0. The summed E-state index contributed by atoms with van der Waals surface area (Å²) < 4.78 is 0. The lowest BCUT2D eigenvalue weighted by molar-refractivity contribution is 0.505. The second-order valence-electron chi connectivity index (χ2n) is 1.34. The monoisotopic (exact) mass is 996 g/mol. The third-order valence-corrected chi connectivity index (χ3v) is 0. The van der Waals surface area contributed by atoms with Crippen molar-refractivity contribution < 1.29 is 0 Å². The average molecular weight is 1000 g/mol. The van der Waals surface area contributed by atoms with Crippen LogP contribution in [0.25, 0.3) is 0 Å². The zero-order chi connectivity index (χ0) is 3.58. The molecule has 0 aromatic carbocycles. The first kappa shape index (κ1) is 1400. The molecule has 0 aliphatic rings. The Balaban J connectivity index is -0.0000000000756. The highest BCUT2D eigenvalue weighted by atomic mass is 35.5. The molecule has 18 nitrogen and oxygen atoms in total. The highest BCUT2D eigenvalue weighted by Gasteiger charge is 1.58. The summed E-state index contributed by atoms with van der Waals surface area (Å²) in [5.41, 5.74) is 0. The Morgan fingerprint density at radius 2 is 0.154 bits per heavy atom. The summed E-state index contributed by atoms with van der Waals surface area (Å²) >= 11 is 0. The number of nitrogens with zero attached hydrogens (tertiary/aromatic N) is 1. The molecule has 0 saturated heterocycles. The van der Waals surface area contributed by atoms with Crippen LogP contribution in [0.3, 0.4) is 0 Å². The maximum atomic E-state index is 2.00. The molecule has 0 fully saturated rings. The van der Waals surface area contributed by atoms with Gasteiger partial charge in [0, 0.05) is 0 Å². The van der Waals surface area contributed by atoms with Crippen LogP contribution in [-0.2, 0) is 0 Å². The molecule has 51 N–H and O–H groups in total. The maximum Gasteiger partial charge on any atom is -0.0140 e. The van der Waals surface area contributed by atoms with Crippen LogP contribution in [-0.4, -0.2) is 26.0 Å². The van der Waals surface area contributed by atoms with Gasteiger partial charge < -0.3 is 109 Å². The summed E-state index contributed by atoms with van der Waals surface area (Å²) in [6.45, 7) is 0. The lowest BCUT2D eigenvalue weighted by atomic mass is 11.0. The van der Waals surface area contributed by atoms with Gasteiger partial charge in [-0.25, -0.2) is 0 Å². The minimum atomic E-state index is 0. The Bertz CT molecular complexity index is 56.0. The van der Waals surface area contributed by atoms with Gasteiger partial charge in [-0.1, -0.05) is 0 Å². The van der Waals surface area contributed by atoms with Crippen LogP contribution in [0.15, 0.2) is 0 Å². The van der Waals surface area contributed by atoms with Gasteiger partial charge in [0.25, 0.3) is 0 Å². The van der Waals surface area contributed by atoms with Crippen molar-refractivity contribution in [3.63, 3.8) is 0 Å². The number of hydrogen-bond acceptors (Lipinski definition) is 18. The predicted molar refractivity (Wildman–Crippen MR) is 235 cm³/mol. The van der Waals surface area contributed by atoms with Crippen molar-refractivity contribution in [1.29, 1.82) is 0 Å².